The molecule has 2 rings (SSSR count). The van der Waals surface area contributed by atoms with Gasteiger partial charge < -0.3 is 10.0 Å². The first kappa shape index (κ1) is 11.7. The van der Waals surface area contributed by atoms with Gasteiger partial charge in [-0.2, -0.15) is 0 Å². The molecule has 2 aliphatic rings. The standard InChI is InChI=1S/C10H19NO.C2H4/c1-9-3-2-6-11(9)7-10(8-12)4-5-10;1-2/h9,12H,2-8H2,1H3;1-2H2/t9-;/m1./s1. The summed E-state index contributed by atoms with van der Waals surface area (Å²) in [4.78, 5) is 2.54. The number of hydrogen-bond donors (Lipinski definition) is 1. The molecule has 1 heterocycles. The molecule has 0 amide bonds. The highest BCUT2D eigenvalue weighted by atomic mass is 16.3. The Bertz CT molecular complexity index is 177. The Balaban J connectivity index is 0.000000461. The minimum Gasteiger partial charge on any atom is -0.396 e. The molecule has 2 heteroatoms. The largest absolute Gasteiger partial charge is 0.396 e. The summed E-state index contributed by atoms with van der Waals surface area (Å²) in [5.74, 6) is 0. The van der Waals surface area contributed by atoms with E-state index in [9.17, 15) is 5.11 Å². The molecule has 0 radical (unpaired) electrons. The normalized spacial score (nSPS) is 29.4. The van der Waals surface area contributed by atoms with Crippen molar-refractivity contribution in [2.45, 2.75) is 38.6 Å². The van der Waals surface area contributed by atoms with E-state index < -0.39 is 0 Å². The predicted octanol–water partition coefficient (Wildman–Crippen LogP) is 2.05. The summed E-state index contributed by atoms with van der Waals surface area (Å²) in [6.45, 7) is 11.1. The zero-order valence-corrected chi connectivity index (χ0v) is 9.34. The summed E-state index contributed by atoms with van der Waals surface area (Å²) in [6.07, 6.45) is 5.18. The maximum absolute atomic E-state index is 9.18. The van der Waals surface area contributed by atoms with Crippen LogP contribution in [0, 0.1) is 5.41 Å². The SMILES string of the molecule is C=C.C[C@@H]1CCCN1CC1(CO)CC1. The van der Waals surface area contributed by atoms with Crippen LogP contribution in [0.15, 0.2) is 13.2 Å². The molecular formula is C12H23NO. The van der Waals surface area contributed by atoms with Gasteiger partial charge in [0.1, 0.15) is 0 Å². The Hall–Kier alpha value is -0.340. The van der Waals surface area contributed by atoms with E-state index in [1.807, 2.05) is 0 Å². The lowest BCUT2D eigenvalue weighted by atomic mass is 10.1. The Morgan fingerprint density at radius 1 is 1.43 bits per heavy atom. The van der Waals surface area contributed by atoms with Gasteiger partial charge in [-0.25, -0.2) is 0 Å². The van der Waals surface area contributed by atoms with Gasteiger partial charge in [-0.1, -0.05) is 0 Å². The second-order valence-electron chi connectivity index (χ2n) is 4.62. The van der Waals surface area contributed by atoms with Crippen LogP contribution in [-0.2, 0) is 0 Å². The molecule has 1 atom stereocenters. The summed E-state index contributed by atoms with van der Waals surface area (Å²) < 4.78 is 0. The molecule has 0 aromatic heterocycles. The van der Waals surface area contributed by atoms with Crippen molar-refractivity contribution in [3.05, 3.63) is 13.2 Å². The van der Waals surface area contributed by atoms with Crippen LogP contribution < -0.4 is 0 Å². The average Bonchev–Trinajstić information content (AvgIpc) is 2.90. The van der Waals surface area contributed by atoms with Gasteiger partial charge in [0, 0.05) is 24.6 Å². The Labute approximate surface area is 87.6 Å². The predicted molar refractivity (Wildman–Crippen MR) is 60.3 cm³/mol. The number of aliphatic hydroxyl groups excluding tert-OH is 1. The third-order valence-electron chi connectivity index (χ3n) is 3.52. The van der Waals surface area contributed by atoms with Crippen LogP contribution in [0.1, 0.15) is 32.6 Å². The van der Waals surface area contributed by atoms with Crippen molar-refractivity contribution in [1.29, 1.82) is 0 Å². The van der Waals surface area contributed by atoms with Crippen molar-refractivity contribution in [2.24, 2.45) is 5.41 Å². The van der Waals surface area contributed by atoms with E-state index >= 15 is 0 Å². The van der Waals surface area contributed by atoms with Gasteiger partial charge in [0.15, 0.2) is 0 Å². The van der Waals surface area contributed by atoms with Crippen molar-refractivity contribution < 1.29 is 5.11 Å². The summed E-state index contributed by atoms with van der Waals surface area (Å²) in [5, 5.41) is 9.18. The van der Waals surface area contributed by atoms with Crippen LogP contribution in [0.5, 0.6) is 0 Å². The van der Waals surface area contributed by atoms with Crippen LogP contribution in [-0.4, -0.2) is 35.7 Å². The molecular weight excluding hydrogens is 174 g/mol. The first-order valence-electron chi connectivity index (χ1n) is 5.61. The smallest absolute Gasteiger partial charge is 0.0499 e. The van der Waals surface area contributed by atoms with Gasteiger partial charge in [0.25, 0.3) is 0 Å². The van der Waals surface area contributed by atoms with Gasteiger partial charge in [-0.05, 0) is 39.2 Å². The quantitative estimate of drug-likeness (QED) is 0.700. The van der Waals surface area contributed by atoms with E-state index in [-0.39, 0.29) is 0 Å². The number of hydrogen-bond acceptors (Lipinski definition) is 2. The Morgan fingerprint density at radius 2 is 2.07 bits per heavy atom. The highest BCUT2D eigenvalue weighted by molar-refractivity contribution is 4.96. The van der Waals surface area contributed by atoms with Gasteiger partial charge in [0.2, 0.25) is 0 Å². The molecule has 14 heavy (non-hydrogen) atoms. The van der Waals surface area contributed by atoms with Gasteiger partial charge >= 0.3 is 0 Å². The van der Waals surface area contributed by atoms with E-state index in [1.54, 1.807) is 0 Å². The molecule has 0 aromatic rings. The number of rotatable bonds is 3. The van der Waals surface area contributed by atoms with Crippen LogP contribution in [0.4, 0.5) is 0 Å². The number of likely N-dealkylation sites (tertiary alicyclic amines) is 1. The molecule has 0 bridgehead atoms. The van der Waals surface area contributed by atoms with E-state index in [0.29, 0.717) is 12.0 Å². The van der Waals surface area contributed by atoms with E-state index in [2.05, 4.69) is 25.0 Å². The Kier molecular flexibility index (Phi) is 4.14. The maximum Gasteiger partial charge on any atom is 0.0499 e. The number of aliphatic hydroxyl groups is 1. The molecule has 2 fully saturated rings. The fraction of sp³-hybridized carbons (Fsp3) is 0.833. The second-order valence-corrected chi connectivity index (χ2v) is 4.62. The monoisotopic (exact) mass is 197 g/mol. The van der Waals surface area contributed by atoms with E-state index in [1.165, 1.54) is 32.2 Å². The maximum atomic E-state index is 9.18. The highest BCUT2D eigenvalue weighted by Gasteiger charge is 2.44. The van der Waals surface area contributed by atoms with Crippen LogP contribution in [0.25, 0.3) is 0 Å². The topological polar surface area (TPSA) is 23.5 Å². The molecule has 1 aliphatic carbocycles. The first-order chi connectivity index (χ1) is 6.76. The molecule has 1 saturated carbocycles. The molecule has 1 saturated heterocycles. The summed E-state index contributed by atoms with van der Waals surface area (Å²) in [7, 11) is 0. The zero-order valence-electron chi connectivity index (χ0n) is 9.34. The third-order valence-corrected chi connectivity index (χ3v) is 3.52. The van der Waals surface area contributed by atoms with Crippen LogP contribution in [0.3, 0.4) is 0 Å². The lowest BCUT2D eigenvalue weighted by Crippen LogP contribution is -2.34. The minimum absolute atomic E-state index is 0.318. The van der Waals surface area contributed by atoms with Crippen molar-refractivity contribution in [3.63, 3.8) is 0 Å². The summed E-state index contributed by atoms with van der Waals surface area (Å²) in [5.41, 5.74) is 0.318. The average molecular weight is 197 g/mol. The molecule has 82 valence electrons. The second kappa shape index (κ2) is 4.94. The fourth-order valence-electron chi connectivity index (χ4n) is 2.20. The van der Waals surface area contributed by atoms with E-state index in [0.717, 1.165) is 12.6 Å². The minimum atomic E-state index is 0.318. The van der Waals surface area contributed by atoms with Gasteiger partial charge in [-0.3, -0.25) is 0 Å². The summed E-state index contributed by atoms with van der Waals surface area (Å²) >= 11 is 0. The lowest BCUT2D eigenvalue weighted by Gasteiger charge is -2.25. The molecule has 0 spiro atoms. The van der Waals surface area contributed by atoms with Gasteiger partial charge in [0.05, 0.1) is 0 Å². The third kappa shape index (κ3) is 2.58. The van der Waals surface area contributed by atoms with Crippen LogP contribution >= 0.6 is 0 Å². The van der Waals surface area contributed by atoms with Gasteiger partial charge in [-0.15, -0.1) is 13.2 Å². The molecule has 1 N–H and O–H groups in total. The van der Waals surface area contributed by atoms with Crippen molar-refractivity contribution >= 4 is 0 Å². The van der Waals surface area contributed by atoms with Crippen molar-refractivity contribution in [1.82, 2.24) is 4.90 Å². The molecule has 0 aromatic carbocycles. The van der Waals surface area contributed by atoms with E-state index in [4.69, 9.17) is 0 Å². The summed E-state index contributed by atoms with van der Waals surface area (Å²) in [6, 6.07) is 0.758. The number of nitrogens with zero attached hydrogens (tertiary/aromatic N) is 1. The Morgan fingerprint density at radius 3 is 2.43 bits per heavy atom. The van der Waals surface area contributed by atoms with Crippen molar-refractivity contribution in [3.8, 4) is 0 Å². The lowest BCUT2D eigenvalue weighted by molar-refractivity contribution is 0.145. The molecule has 1 aliphatic heterocycles. The first-order valence-corrected chi connectivity index (χ1v) is 5.61. The van der Waals surface area contributed by atoms with Crippen molar-refractivity contribution in [2.75, 3.05) is 19.7 Å². The molecule has 0 unspecified atom stereocenters. The highest BCUT2D eigenvalue weighted by Crippen LogP contribution is 2.46. The molecule has 2 nitrogen and oxygen atoms in total. The zero-order chi connectivity index (χ0) is 10.6. The fourth-order valence-corrected chi connectivity index (χ4v) is 2.20. The van der Waals surface area contributed by atoms with Crippen LogP contribution in [0.2, 0.25) is 0 Å².